The van der Waals surface area contributed by atoms with Gasteiger partial charge < -0.3 is 4.74 Å². The van der Waals surface area contributed by atoms with Crippen molar-refractivity contribution in [2.24, 2.45) is 0 Å². The zero-order valence-electron chi connectivity index (χ0n) is 9.18. The van der Waals surface area contributed by atoms with Crippen LogP contribution < -0.4 is 0 Å². The van der Waals surface area contributed by atoms with Crippen LogP contribution in [0.5, 0.6) is 0 Å². The number of pyridine rings is 1. The third-order valence-electron chi connectivity index (χ3n) is 2.33. The maximum Gasteiger partial charge on any atom is 0.339 e. The Morgan fingerprint density at radius 2 is 2.12 bits per heavy atom. The Kier molecular flexibility index (Phi) is 3.40. The van der Waals surface area contributed by atoms with E-state index in [4.69, 9.17) is 11.6 Å². The summed E-state index contributed by atoms with van der Waals surface area (Å²) in [6, 6.07) is 10.7. The van der Waals surface area contributed by atoms with Crippen molar-refractivity contribution in [3.63, 3.8) is 0 Å². The summed E-state index contributed by atoms with van der Waals surface area (Å²) in [5, 5.41) is 0.372. The molecule has 0 aliphatic heterocycles. The monoisotopic (exact) mass is 247 g/mol. The third-order valence-corrected chi connectivity index (χ3v) is 2.66. The number of carbonyl (C=O) groups is 1. The molecule has 2 aromatic rings. The first-order chi connectivity index (χ1) is 8.22. The van der Waals surface area contributed by atoms with Crippen molar-refractivity contribution in [3.8, 4) is 11.3 Å². The van der Waals surface area contributed by atoms with E-state index in [0.29, 0.717) is 10.6 Å². The van der Waals surface area contributed by atoms with Crippen LogP contribution in [0.1, 0.15) is 10.4 Å². The molecule has 0 bridgehead atoms. The van der Waals surface area contributed by atoms with Crippen molar-refractivity contribution in [2.45, 2.75) is 0 Å². The van der Waals surface area contributed by atoms with Gasteiger partial charge in [-0.05, 0) is 24.3 Å². The summed E-state index contributed by atoms with van der Waals surface area (Å²) in [5.74, 6) is -0.451. The summed E-state index contributed by atoms with van der Waals surface area (Å²) in [4.78, 5) is 15.7. The van der Waals surface area contributed by atoms with Gasteiger partial charge in [-0.2, -0.15) is 0 Å². The van der Waals surface area contributed by atoms with Crippen LogP contribution in [-0.4, -0.2) is 18.1 Å². The van der Waals surface area contributed by atoms with Crippen LogP contribution in [0.4, 0.5) is 0 Å². The molecule has 86 valence electrons. The zero-order chi connectivity index (χ0) is 12.3. The smallest absolute Gasteiger partial charge is 0.339 e. The van der Waals surface area contributed by atoms with E-state index < -0.39 is 5.97 Å². The molecule has 3 nitrogen and oxygen atoms in total. The minimum atomic E-state index is -0.451. The number of rotatable bonds is 2. The van der Waals surface area contributed by atoms with Crippen molar-refractivity contribution >= 4 is 17.6 Å². The maximum absolute atomic E-state index is 11.5. The number of benzene rings is 1. The number of methoxy groups -OCH3 is 1. The van der Waals surface area contributed by atoms with Gasteiger partial charge in [0.1, 0.15) is 0 Å². The van der Waals surface area contributed by atoms with Gasteiger partial charge in [0.15, 0.2) is 0 Å². The molecule has 17 heavy (non-hydrogen) atoms. The molecular weight excluding hydrogens is 238 g/mol. The lowest BCUT2D eigenvalue weighted by molar-refractivity contribution is 0.0601. The van der Waals surface area contributed by atoms with Gasteiger partial charge in [0.2, 0.25) is 0 Å². The summed E-state index contributed by atoms with van der Waals surface area (Å²) in [6.45, 7) is 0. The fourth-order valence-electron chi connectivity index (χ4n) is 1.48. The summed E-state index contributed by atoms with van der Waals surface area (Å²) in [7, 11) is 1.33. The Bertz CT molecular complexity index is 540. The van der Waals surface area contributed by atoms with E-state index >= 15 is 0 Å². The van der Waals surface area contributed by atoms with Crippen LogP contribution in [0.15, 0.2) is 42.6 Å². The van der Waals surface area contributed by atoms with Crippen LogP contribution in [-0.2, 0) is 4.74 Å². The second-order valence-corrected chi connectivity index (χ2v) is 3.81. The van der Waals surface area contributed by atoms with Gasteiger partial charge in [-0.15, -0.1) is 0 Å². The lowest BCUT2D eigenvalue weighted by atomic mass is 10.1. The molecule has 0 spiro atoms. The highest BCUT2D eigenvalue weighted by Crippen LogP contribution is 2.24. The van der Waals surface area contributed by atoms with E-state index in [1.165, 1.54) is 7.11 Å². The largest absolute Gasteiger partial charge is 0.465 e. The van der Waals surface area contributed by atoms with Crippen LogP contribution in [0, 0.1) is 0 Å². The van der Waals surface area contributed by atoms with Crippen molar-refractivity contribution in [2.75, 3.05) is 7.11 Å². The molecule has 1 heterocycles. The Morgan fingerprint density at radius 1 is 1.29 bits per heavy atom. The minimum absolute atomic E-state index is 0.345. The van der Waals surface area contributed by atoms with Crippen LogP contribution in [0.2, 0.25) is 5.02 Å². The van der Waals surface area contributed by atoms with Gasteiger partial charge in [0.25, 0.3) is 0 Å². The van der Waals surface area contributed by atoms with Crippen molar-refractivity contribution in [1.82, 2.24) is 4.98 Å². The predicted molar refractivity (Wildman–Crippen MR) is 66.0 cm³/mol. The number of hydrogen-bond donors (Lipinski definition) is 0. The molecule has 0 aliphatic rings. The Balaban J connectivity index is 2.48. The van der Waals surface area contributed by atoms with Gasteiger partial charge in [-0.3, -0.25) is 4.98 Å². The number of aromatic nitrogens is 1. The first-order valence-corrected chi connectivity index (χ1v) is 5.39. The minimum Gasteiger partial charge on any atom is -0.465 e. The molecule has 2 rings (SSSR count). The molecule has 4 heteroatoms. The van der Waals surface area contributed by atoms with Gasteiger partial charge in [0.05, 0.1) is 23.4 Å². The van der Waals surface area contributed by atoms with Crippen LogP contribution in [0.3, 0.4) is 0 Å². The van der Waals surface area contributed by atoms with E-state index in [2.05, 4.69) is 9.72 Å². The lowest BCUT2D eigenvalue weighted by Gasteiger charge is -2.05. The van der Waals surface area contributed by atoms with Crippen molar-refractivity contribution < 1.29 is 9.53 Å². The summed E-state index contributed by atoms with van der Waals surface area (Å²) < 4.78 is 4.66. The van der Waals surface area contributed by atoms with Gasteiger partial charge in [0, 0.05) is 11.8 Å². The molecule has 1 aromatic heterocycles. The highest BCUT2D eigenvalue weighted by atomic mass is 35.5. The number of nitrogens with zero attached hydrogens (tertiary/aromatic N) is 1. The fourth-order valence-corrected chi connectivity index (χ4v) is 1.68. The molecule has 0 aliphatic carbocycles. The number of hydrogen-bond acceptors (Lipinski definition) is 3. The average molecular weight is 248 g/mol. The summed E-state index contributed by atoms with van der Waals surface area (Å²) in [6.07, 6.45) is 1.70. The van der Waals surface area contributed by atoms with E-state index in [0.717, 1.165) is 11.3 Å². The normalized spacial score (nSPS) is 10.0. The molecule has 1 aromatic carbocycles. The van der Waals surface area contributed by atoms with E-state index in [-0.39, 0.29) is 0 Å². The summed E-state index contributed by atoms with van der Waals surface area (Å²) >= 11 is 5.94. The molecule has 0 radical (unpaired) electrons. The quantitative estimate of drug-likeness (QED) is 0.765. The number of esters is 1. The third kappa shape index (κ3) is 2.45. The van der Waals surface area contributed by atoms with Gasteiger partial charge >= 0.3 is 5.97 Å². The highest BCUT2D eigenvalue weighted by molar-refractivity contribution is 6.33. The molecule has 0 N–H and O–H groups in total. The van der Waals surface area contributed by atoms with Crippen LogP contribution in [0.25, 0.3) is 11.3 Å². The number of halogens is 1. The molecular formula is C13H10ClNO2. The summed E-state index contributed by atoms with van der Waals surface area (Å²) in [5.41, 5.74) is 1.96. The molecule has 0 atom stereocenters. The lowest BCUT2D eigenvalue weighted by Crippen LogP contribution is -2.02. The average Bonchev–Trinajstić information content (AvgIpc) is 2.39. The van der Waals surface area contributed by atoms with Crippen molar-refractivity contribution in [3.05, 3.63) is 53.2 Å². The topological polar surface area (TPSA) is 39.2 Å². The van der Waals surface area contributed by atoms with E-state index in [1.807, 2.05) is 24.3 Å². The molecule has 0 fully saturated rings. The maximum atomic E-state index is 11.5. The number of ether oxygens (including phenoxy) is 1. The van der Waals surface area contributed by atoms with Crippen LogP contribution >= 0.6 is 11.6 Å². The predicted octanol–water partition coefficient (Wildman–Crippen LogP) is 3.19. The molecule has 0 saturated carbocycles. The highest BCUT2D eigenvalue weighted by Gasteiger charge is 2.12. The Hall–Kier alpha value is -1.87. The number of carbonyl (C=O) groups excluding carboxylic acids is 1. The Labute approximate surface area is 104 Å². The first kappa shape index (κ1) is 11.6. The second-order valence-electron chi connectivity index (χ2n) is 3.40. The molecule has 0 unspecified atom stereocenters. The van der Waals surface area contributed by atoms with Gasteiger partial charge in [-0.25, -0.2) is 4.79 Å². The first-order valence-electron chi connectivity index (χ1n) is 5.01. The zero-order valence-corrected chi connectivity index (χ0v) is 9.94. The van der Waals surface area contributed by atoms with E-state index in [1.54, 1.807) is 18.3 Å². The fraction of sp³-hybridized carbons (Fsp3) is 0.0769. The Morgan fingerprint density at radius 3 is 2.76 bits per heavy atom. The second kappa shape index (κ2) is 4.97. The SMILES string of the molecule is COC(=O)c1cc(-c2ccccn2)ccc1Cl. The molecule has 0 amide bonds. The van der Waals surface area contributed by atoms with Crippen molar-refractivity contribution in [1.29, 1.82) is 0 Å². The standard InChI is InChI=1S/C13H10ClNO2/c1-17-13(16)10-8-9(5-6-11(10)14)12-4-2-3-7-15-12/h2-8H,1H3. The van der Waals surface area contributed by atoms with Gasteiger partial charge in [-0.1, -0.05) is 23.7 Å². The molecule has 0 saturated heterocycles. The van der Waals surface area contributed by atoms with E-state index in [9.17, 15) is 4.79 Å².